The zero-order chi connectivity index (χ0) is 20.8. The second-order valence-corrected chi connectivity index (χ2v) is 7.73. The number of hydroxylamine groups is 1. The van der Waals surface area contributed by atoms with E-state index in [0.717, 1.165) is 6.07 Å². The first-order valence-corrected chi connectivity index (χ1v) is 9.38. The van der Waals surface area contributed by atoms with Gasteiger partial charge in [-0.05, 0) is 39.0 Å². The van der Waals surface area contributed by atoms with Gasteiger partial charge in [-0.15, -0.1) is 0 Å². The van der Waals surface area contributed by atoms with Crippen LogP contribution in [0.25, 0.3) is 0 Å². The van der Waals surface area contributed by atoms with Gasteiger partial charge >= 0.3 is 12.0 Å². The number of ether oxygens (including phenoxy) is 1. The van der Waals surface area contributed by atoms with Crippen LogP contribution in [-0.4, -0.2) is 57.1 Å². The minimum Gasteiger partial charge on any atom is -0.449 e. The molecule has 0 saturated carbocycles. The number of urea groups is 1. The van der Waals surface area contributed by atoms with Crippen LogP contribution >= 0.6 is 0 Å². The average Bonchev–Trinajstić information content (AvgIpc) is 2.59. The Kier molecular flexibility index (Phi) is 7.88. The van der Waals surface area contributed by atoms with Crippen molar-refractivity contribution in [3.63, 3.8) is 0 Å². The van der Waals surface area contributed by atoms with Crippen LogP contribution in [-0.2, 0) is 24.4 Å². The molecule has 0 aliphatic carbocycles. The number of sulfonamides is 1. The van der Waals surface area contributed by atoms with Crippen molar-refractivity contribution >= 4 is 27.9 Å². The van der Waals surface area contributed by atoms with E-state index in [9.17, 15) is 22.8 Å². The van der Waals surface area contributed by atoms with Gasteiger partial charge in [-0.25, -0.2) is 18.0 Å². The zero-order valence-corrected chi connectivity index (χ0v) is 16.5. The van der Waals surface area contributed by atoms with E-state index in [1.54, 1.807) is 13.8 Å². The molecule has 11 heteroatoms. The SMILES string of the molecule is CON(C)S(=O)(=O)c1cccc(C(=O)OC(C)C(=O)NC(=O)NC(C)C)c1. The fourth-order valence-electron chi connectivity index (χ4n) is 1.82. The highest BCUT2D eigenvalue weighted by Gasteiger charge is 2.24. The number of imide groups is 1. The molecule has 0 saturated heterocycles. The van der Waals surface area contributed by atoms with Crippen LogP contribution in [0.2, 0.25) is 0 Å². The van der Waals surface area contributed by atoms with Gasteiger partial charge in [0.1, 0.15) is 0 Å². The Hall–Kier alpha value is -2.50. The van der Waals surface area contributed by atoms with Gasteiger partial charge in [0.2, 0.25) is 0 Å². The normalized spacial score (nSPS) is 12.6. The molecule has 0 aromatic heterocycles. The average molecular weight is 401 g/mol. The van der Waals surface area contributed by atoms with Crippen molar-refractivity contribution in [1.29, 1.82) is 0 Å². The number of hydrogen-bond acceptors (Lipinski definition) is 7. The quantitative estimate of drug-likeness (QED) is 0.506. The topological polar surface area (TPSA) is 131 Å². The van der Waals surface area contributed by atoms with Crippen molar-refractivity contribution in [1.82, 2.24) is 15.1 Å². The number of nitrogens with one attached hydrogen (secondary N) is 2. The molecular formula is C16H23N3O7S. The van der Waals surface area contributed by atoms with Crippen molar-refractivity contribution in [3.05, 3.63) is 29.8 Å². The van der Waals surface area contributed by atoms with Gasteiger partial charge in [-0.1, -0.05) is 10.5 Å². The molecule has 0 fully saturated rings. The molecule has 2 N–H and O–H groups in total. The van der Waals surface area contributed by atoms with Crippen LogP contribution in [0.5, 0.6) is 0 Å². The van der Waals surface area contributed by atoms with E-state index < -0.39 is 34.0 Å². The lowest BCUT2D eigenvalue weighted by atomic mass is 10.2. The van der Waals surface area contributed by atoms with Gasteiger partial charge in [0.25, 0.3) is 15.9 Å². The third-order valence-electron chi connectivity index (χ3n) is 3.27. The van der Waals surface area contributed by atoms with Crippen LogP contribution in [0.4, 0.5) is 4.79 Å². The molecule has 1 aromatic carbocycles. The molecule has 1 aromatic rings. The Morgan fingerprint density at radius 3 is 2.33 bits per heavy atom. The first-order chi connectivity index (χ1) is 12.5. The minimum atomic E-state index is -3.95. The number of carbonyl (C=O) groups excluding carboxylic acids is 3. The van der Waals surface area contributed by atoms with Crippen LogP contribution < -0.4 is 10.6 Å². The second-order valence-electron chi connectivity index (χ2n) is 5.79. The number of amides is 3. The summed E-state index contributed by atoms with van der Waals surface area (Å²) in [4.78, 5) is 40.1. The standard InChI is InChI=1S/C16H23N3O7S/c1-10(2)17-16(22)18-14(20)11(3)26-15(21)12-7-6-8-13(9-12)27(23,24)19(4)25-5/h6-11H,1-5H3,(H2,17,18,20,22). The molecular weight excluding hydrogens is 378 g/mol. The van der Waals surface area contributed by atoms with E-state index in [1.807, 2.05) is 5.32 Å². The largest absolute Gasteiger partial charge is 0.449 e. The van der Waals surface area contributed by atoms with Gasteiger partial charge in [0.15, 0.2) is 6.10 Å². The lowest BCUT2D eigenvalue weighted by Crippen LogP contribution is -2.46. The smallest absolute Gasteiger partial charge is 0.338 e. The summed E-state index contributed by atoms with van der Waals surface area (Å²) in [5.74, 6) is -1.73. The maximum Gasteiger partial charge on any atom is 0.338 e. The number of rotatable bonds is 7. The summed E-state index contributed by atoms with van der Waals surface area (Å²) in [6, 6.07) is 4.19. The lowest BCUT2D eigenvalue weighted by molar-refractivity contribution is -0.127. The van der Waals surface area contributed by atoms with E-state index in [2.05, 4.69) is 10.2 Å². The predicted molar refractivity (Wildman–Crippen MR) is 95.1 cm³/mol. The Bertz CT molecular complexity index is 808. The highest BCUT2D eigenvalue weighted by Crippen LogP contribution is 2.17. The summed E-state index contributed by atoms with van der Waals surface area (Å²) >= 11 is 0. The van der Waals surface area contributed by atoms with Crippen LogP contribution in [0, 0.1) is 0 Å². The van der Waals surface area contributed by atoms with Crippen LogP contribution in [0.15, 0.2) is 29.2 Å². The van der Waals surface area contributed by atoms with Gasteiger partial charge < -0.3 is 10.1 Å². The minimum absolute atomic E-state index is 0.0770. The van der Waals surface area contributed by atoms with Crippen LogP contribution in [0.3, 0.4) is 0 Å². The second kappa shape index (κ2) is 9.44. The van der Waals surface area contributed by atoms with Crippen LogP contribution in [0.1, 0.15) is 31.1 Å². The summed E-state index contributed by atoms with van der Waals surface area (Å²) < 4.78 is 30.1. The van der Waals surface area contributed by atoms with E-state index in [1.165, 1.54) is 39.3 Å². The summed E-state index contributed by atoms with van der Waals surface area (Å²) in [5, 5.41) is 4.50. The van der Waals surface area contributed by atoms with Crippen molar-refractivity contribution in [3.8, 4) is 0 Å². The fourth-order valence-corrected chi connectivity index (χ4v) is 2.84. The number of carbonyl (C=O) groups is 3. The summed E-state index contributed by atoms with van der Waals surface area (Å²) in [6.07, 6.45) is -1.27. The number of nitrogens with zero attached hydrogens (tertiary/aromatic N) is 1. The molecule has 0 aliphatic rings. The molecule has 27 heavy (non-hydrogen) atoms. The highest BCUT2D eigenvalue weighted by atomic mass is 32.2. The van der Waals surface area contributed by atoms with Crippen molar-refractivity contribution < 1.29 is 32.4 Å². The summed E-state index contributed by atoms with van der Waals surface area (Å²) in [5.41, 5.74) is -0.0770. The molecule has 3 amide bonds. The molecule has 1 atom stereocenters. The van der Waals surface area contributed by atoms with Gasteiger partial charge in [0.05, 0.1) is 17.6 Å². The van der Waals surface area contributed by atoms with Crippen molar-refractivity contribution in [2.24, 2.45) is 0 Å². The maximum atomic E-state index is 12.2. The number of benzene rings is 1. The molecule has 0 bridgehead atoms. The summed E-state index contributed by atoms with van der Waals surface area (Å²) in [6.45, 7) is 4.72. The third kappa shape index (κ3) is 6.31. The number of esters is 1. The van der Waals surface area contributed by atoms with Gasteiger partial charge in [0, 0.05) is 13.1 Å². The fraction of sp³-hybridized carbons (Fsp3) is 0.438. The first kappa shape index (κ1) is 22.5. The third-order valence-corrected chi connectivity index (χ3v) is 4.95. The Morgan fingerprint density at radius 1 is 1.15 bits per heavy atom. The van der Waals surface area contributed by atoms with E-state index >= 15 is 0 Å². The monoisotopic (exact) mass is 401 g/mol. The number of hydrogen-bond donors (Lipinski definition) is 2. The molecule has 0 radical (unpaired) electrons. The summed E-state index contributed by atoms with van der Waals surface area (Å²) in [7, 11) is -1.56. The first-order valence-electron chi connectivity index (χ1n) is 7.94. The Balaban J connectivity index is 2.84. The van der Waals surface area contributed by atoms with Gasteiger partial charge in [-0.2, -0.15) is 0 Å². The molecule has 150 valence electrons. The van der Waals surface area contributed by atoms with Crippen molar-refractivity contribution in [2.75, 3.05) is 14.2 Å². The molecule has 0 spiro atoms. The highest BCUT2D eigenvalue weighted by molar-refractivity contribution is 7.89. The zero-order valence-electron chi connectivity index (χ0n) is 15.7. The van der Waals surface area contributed by atoms with E-state index in [-0.39, 0.29) is 16.5 Å². The Labute approximate surface area is 157 Å². The Morgan fingerprint density at radius 2 is 1.78 bits per heavy atom. The van der Waals surface area contributed by atoms with E-state index in [4.69, 9.17) is 4.74 Å². The van der Waals surface area contributed by atoms with Gasteiger partial charge in [-0.3, -0.25) is 14.9 Å². The maximum absolute atomic E-state index is 12.2. The molecule has 1 rings (SSSR count). The molecule has 10 nitrogen and oxygen atoms in total. The molecule has 1 unspecified atom stereocenters. The molecule has 0 heterocycles. The van der Waals surface area contributed by atoms with E-state index in [0.29, 0.717) is 4.47 Å². The van der Waals surface area contributed by atoms with Crippen molar-refractivity contribution in [2.45, 2.75) is 37.8 Å². The molecule has 0 aliphatic heterocycles. The predicted octanol–water partition coefficient (Wildman–Crippen LogP) is 0.648. The lowest BCUT2D eigenvalue weighted by Gasteiger charge is -2.16.